The third-order valence-electron chi connectivity index (χ3n) is 2.92. The summed E-state index contributed by atoms with van der Waals surface area (Å²) in [6.45, 7) is 4.04. The SMILES string of the molecule is CCCCC(C(=O)OC)C(O)c1cc(Br)c(C)s1. The van der Waals surface area contributed by atoms with Gasteiger partial charge in [-0.1, -0.05) is 19.8 Å². The number of methoxy groups -OCH3 is 1. The lowest BCUT2D eigenvalue weighted by Gasteiger charge is -2.19. The molecule has 0 radical (unpaired) electrons. The Hall–Kier alpha value is -0.390. The number of rotatable bonds is 6. The molecule has 0 saturated carbocycles. The summed E-state index contributed by atoms with van der Waals surface area (Å²) >= 11 is 4.93. The third-order valence-corrected chi connectivity index (χ3v) is 5.13. The van der Waals surface area contributed by atoms with Crippen molar-refractivity contribution in [2.45, 2.75) is 39.2 Å². The maximum atomic E-state index is 11.7. The fraction of sp³-hybridized carbons (Fsp3) is 0.615. The molecule has 1 heterocycles. The zero-order chi connectivity index (χ0) is 13.7. The first kappa shape index (κ1) is 15.7. The molecular formula is C13H19BrO3S. The highest BCUT2D eigenvalue weighted by Gasteiger charge is 2.29. The minimum atomic E-state index is -0.779. The first-order valence-electron chi connectivity index (χ1n) is 6.03. The average Bonchev–Trinajstić information content (AvgIpc) is 2.69. The summed E-state index contributed by atoms with van der Waals surface area (Å²) in [6, 6.07) is 1.88. The minimum absolute atomic E-state index is 0.335. The summed E-state index contributed by atoms with van der Waals surface area (Å²) in [5.74, 6) is -0.807. The van der Waals surface area contributed by atoms with Crippen LogP contribution in [-0.2, 0) is 9.53 Å². The molecule has 1 rings (SSSR count). The molecule has 5 heteroatoms. The number of halogens is 1. The standard InChI is InChI=1S/C13H19BrO3S/c1-4-5-6-9(13(16)17-3)12(15)11-7-10(14)8(2)18-11/h7,9,12,15H,4-6H2,1-3H3. The van der Waals surface area contributed by atoms with Crippen molar-refractivity contribution in [2.75, 3.05) is 7.11 Å². The van der Waals surface area contributed by atoms with Crippen LogP contribution >= 0.6 is 27.3 Å². The van der Waals surface area contributed by atoms with Gasteiger partial charge in [0.15, 0.2) is 0 Å². The van der Waals surface area contributed by atoms with Gasteiger partial charge in [-0.3, -0.25) is 4.79 Å². The zero-order valence-electron chi connectivity index (χ0n) is 10.9. The van der Waals surface area contributed by atoms with Crippen molar-refractivity contribution in [3.05, 3.63) is 20.3 Å². The van der Waals surface area contributed by atoms with Crippen LogP contribution in [0.1, 0.15) is 42.0 Å². The molecule has 0 fully saturated rings. The molecular weight excluding hydrogens is 316 g/mol. The molecule has 0 aromatic carbocycles. The van der Waals surface area contributed by atoms with Gasteiger partial charge in [0.1, 0.15) is 6.10 Å². The van der Waals surface area contributed by atoms with Crippen LogP contribution in [0.2, 0.25) is 0 Å². The van der Waals surface area contributed by atoms with Gasteiger partial charge in [0, 0.05) is 14.2 Å². The quantitative estimate of drug-likeness (QED) is 0.804. The Balaban J connectivity index is 2.86. The molecule has 2 unspecified atom stereocenters. The van der Waals surface area contributed by atoms with Crippen LogP contribution in [-0.4, -0.2) is 18.2 Å². The Morgan fingerprint density at radius 2 is 2.28 bits per heavy atom. The van der Waals surface area contributed by atoms with Crippen LogP contribution in [0, 0.1) is 12.8 Å². The highest BCUT2D eigenvalue weighted by atomic mass is 79.9. The van der Waals surface area contributed by atoms with Crippen molar-refractivity contribution in [1.82, 2.24) is 0 Å². The molecule has 0 amide bonds. The van der Waals surface area contributed by atoms with Crippen LogP contribution in [0.4, 0.5) is 0 Å². The van der Waals surface area contributed by atoms with Crippen LogP contribution < -0.4 is 0 Å². The molecule has 1 aromatic rings. The summed E-state index contributed by atoms with van der Waals surface area (Å²) in [5.41, 5.74) is 0. The maximum absolute atomic E-state index is 11.7. The van der Waals surface area contributed by atoms with Crippen molar-refractivity contribution in [1.29, 1.82) is 0 Å². The largest absolute Gasteiger partial charge is 0.469 e. The second-order valence-corrected chi connectivity index (χ2v) is 6.41. The molecule has 0 spiro atoms. The molecule has 3 nitrogen and oxygen atoms in total. The van der Waals surface area contributed by atoms with Gasteiger partial charge in [-0.25, -0.2) is 0 Å². The Bertz CT molecular complexity index is 383. The molecule has 0 saturated heterocycles. The van der Waals surface area contributed by atoms with Crippen LogP contribution in [0.15, 0.2) is 10.5 Å². The smallest absolute Gasteiger partial charge is 0.311 e. The average molecular weight is 335 g/mol. The van der Waals surface area contributed by atoms with E-state index < -0.39 is 12.0 Å². The van der Waals surface area contributed by atoms with Gasteiger partial charge in [-0.05, 0) is 35.3 Å². The second-order valence-electron chi connectivity index (χ2n) is 4.27. The van der Waals surface area contributed by atoms with Crippen molar-refractivity contribution < 1.29 is 14.6 Å². The lowest BCUT2D eigenvalue weighted by molar-refractivity contribution is -0.150. The van der Waals surface area contributed by atoms with E-state index in [-0.39, 0.29) is 5.97 Å². The van der Waals surface area contributed by atoms with E-state index in [1.54, 1.807) is 0 Å². The zero-order valence-corrected chi connectivity index (χ0v) is 13.3. The number of hydrogen-bond acceptors (Lipinski definition) is 4. The fourth-order valence-corrected chi connectivity index (χ4v) is 3.42. The molecule has 0 aliphatic rings. The number of aliphatic hydroxyl groups is 1. The monoisotopic (exact) mass is 334 g/mol. The summed E-state index contributed by atoms with van der Waals surface area (Å²) in [5, 5.41) is 10.3. The molecule has 2 atom stereocenters. The van der Waals surface area contributed by atoms with Crippen molar-refractivity contribution in [3.8, 4) is 0 Å². The molecule has 0 aliphatic heterocycles. The molecule has 1 N–H and O–H groups in total. The number of esters is 1. The summed E-state index contributed by atoms with van der Waals surface area (Å²) in [4.78, 5) is 13.6. The van der Waals surface area contributed by atoms with Gasteiger partial charge < -0.3 is 9.84 Å². The topological polar surface area (TPSA) is 46.5 Å². The molecule has 0 aliphatic carbocycles. The number of aliphatic hydroxyl groups excluding tert-OH is 1. The number of aryl methyl sites for hydroxylation is 1. The van der Waals surface area contributed by atoms with E-state index in [2.05, 4.69) is 22.9 Å². The Labute approximate surface area is 120 Å². The lowest BCUT2D eigenvalue weighted by Crippen LogP contribution is -2.23. The predicted molar refractivity (Wildman–Crippen MR) is 76.7 cm³/mol. The minimum Gasteiger partial charge on any atom is -0.469 e. The van der Waals surface area contributed by atoms with Gasteiger partial charge in [-0.15, -0.1) is 11.3 Å². The van der Waals surface area contributed by atoms with Gasteiger partial charge in [0.25, 0.3) is 0 Å². The molecule has 0 bridgehead atoms. The van der Waals surface area contributed by atoms with E-state index in [0.717, 1.165) is 27.1 Å². The number of hydrogen-bond donors (Lipinski definition) is 1. The number of carbonyl (C=O) groups excluding carboxylic acids is 1. The summed E-state index contributed by atoms with van der Waals surface area (Å²) in [6.07, 6.45) is 1.77. The van der Waals surface area contributed by atoms with E-state index >= 15 is 0 Å². The fourth-order valence-electron chi connectivity index (χ4n) is 1.81. The van der Waals surface area contributed by atoms with E-state index in [4.69, 9.17) is 4.74 Å². The van der Waals surface area contributed by atoms with Crippen molar-refractivity contribution >= 4 is 33.2 Å². The maximum Gasteiger partial charge on any atom is 0.311 e. The number of unbranched alkanes of at least 4 members (excludes halogenated alkanes) is 1. The Morgan fingerprint density at radius 3 is 2.72 bits per heavy atom. The molecule has 1 aromatic heterocycles. The van der Waals surface area contributed by atoms with Gasteiger partial charge in [0.05, 0.1) is 13.0 Å². The normalized spacial score (nSPS) is 14.3. The summed E-state index contributed by atoms with van der Waals surface area (Å²) < 4.78 is 5.76. The van der Waals surface area contributed by atoms with Crippen molar-refractivity contribution in [2.24, 2.45) is 5.92 Å². The van der Waals surface area contributed by atoms with E-state index in [0.29, 0.717) is 6.42 Å². The number of thiophene rings is 1. The van der Waals surface area contributed by atoms with E-state index in [1.807, 2.05) is 13.0 Å². The van der Waals surface area contributed by atoms with Crippen molar-refractivity contribution in [3.63, 3.8) is 0 Å². The van der Waals surface area contributed by atoms with Crippen LogP contribution in [0.25, 0.3) is 0 Å². The number of carbonyl (C=O) groups is 1. The second kappa shape index (κ2) is 7.26. The van der Waals surface area contributed by atoms with Gasteiger partial charge in [-0.2, -0.15) is 0 Å². The molecule has 102 valence electrons. The Kier molecular flexibility index (Phi) is 6.32. The van der Waals surface area contributed by atoms with Gasteiger partial charge >= 0.3 is 5.97 Å². The van der Waals surface area contributed by atoms with Crippen LogP contribution in [0.5, 0.6) is 0 Å². The third kappa shape index (κ3) is 3.80. The first-order chi connectivity index (χ1) is 8.51. The molecule has 18 heavy (non-hydrogen) atoms. The lowest BCUT2D eigenvalue weighted by atomic mass is 9.95. The van der Waals surface area contributed by atoms with Gasteiger partial charge in [0.2, 0.25) is 0 Å². The highest BCUT2D eigenvalue weighted by Crippen LogP contribution is 2.35. The summed E-state index contributed by atoms with van der Waals surface area (Å²) in [7, 11) is 1.36. The Morgan fingerprint density at radius 1 is 1.61 bits per heavy atom. The predicted octanol–water partition coefficient (Wildman–Crippen LogP) is 3.83. The highest BCUT2D eigenvalue weighted by molar-refractivity contribution is 9.10. The van der Waals surface area contributed by atoms with E-state index in [9.17, 15) is 9.90 Å². The van der Waals surface area contributed by atoms with Crippen LogP contribution in [0.3, 0.4) is 0 Å². The van der Waals surface area contributed by atoms with E-state index in [1.165, 1.54) is 18.4 Å². The first-order valence-corrected chi connectivity index (χ1v) is 7.63. The number of ether oxygens (including phenoxy) is 1.